The van der Waals surface area contributed by atoms with Crippen LogP contribution in [0.3, 0.4) is 0 Å². The minimum absolute atomic E-state index is 0.167. The van der Waals surface area contributed by atoms with Crippen LogP contribution in [0.1, 0.15) is 19.9 Å². The Morgan fingerprint density at radius 3 is 2.45 bits per heavy atom. The molecule has 0 saturated carbocycles. The highest BCUT2D eigenvalue weighted by molar-refractivity contribution is 5.80. The predicted octanol–water partition coefficient (Wildman–Crippen LogP) is 4.10. The lowest BCUT2D eigenvalue weighted by atomic mass is 10.2. The van der Waals surface area contributed by atoms with E-state index in [1.54, 1.807) is 12.4 Å². The normalized spacial score (nSPS) is 14.9. The third-order valence-electron chi connectivity index (χ3n) is 5.95. The number of rotatable bonds is 5. The zero-order valence-electron chi connectivity index (χ0n) is 19.0. The zero-order chi connectivity index (χ0) is 22.9. The molecule has 0 bridgehead atoms. The predicted molar refractivity (Wildman–Crippen MR) is 128 cm³/mol. The summed E-state index contributed by atoms with van der Waals surface area (Å²) in [7, 11) is 2.15. The Balaban J connectivity index is 1.38. The van der Waals surface area contributed by atoms with Crippen LogP contribution in [0.4, 0.5) is 21.7 Å². The van der Waals surface area contributed by atoms with Crippen LogP contribution in [0, 0.1) is 5.82 Å². The van der Waals surface area contributed by atoms with Gasteiger partial charge in [-0.3, -0.25) is 9.67 Å². The first-order valence-corrected chi connectivity index (χ1v) is 11.1. The molecule has 9 heteroatoms. The van der Waals surface area contributed by atoms with E-state index in [4.69, 9.17) is 0 Å². The first kappa shape index (κ1) is 21.3. The van der Waals surface area contributed by atoms with E-state index in [0.29, 0.717) is 11.5 Å². The van der Waals surface area contributed by atoms with E-state index in [-0.39, 0.29) is 11.7 Å². The summed E-state index contributed by atoms with van der Waals surface area (Å²) in [6, 6.07) is 10.2. The summed E-state index contributed by atoms with van der Waals surface area (Å²) < 4.78 is 16.5. The third kappa shape index (κ3) is 4.36. The van der Waals surface area contributed by atoms with Gasteiger partial charge in [0.05, 0.1) is 17.9 Å². The molecule has 0 aliphatic carbocycles. The molecule has 0 radical (unpaired) electrons. The minimum Gasteiger partial charge on any atom is -0.369 e. The SMILES string of the molecule is CC(C)n1ncc2ncc(-c3nc(Nc4ccc(N5CCN(C)CC5)cc4)ncc3F)cc21. The number of halogens is 1. The maximum absolute atomic E-state index is 14.7. The molecule has 1 aliphatic rings. The highest BCUT2D eigenvalue weighted by atomic mass is 19.1. The van der Waals surface area contributed by atoms with Crippen molar-refractivity contribution in [2.24, 2.45) is 0 Å². The van der Waals surface area contributed by atoms with Crippen LogP contribution in [0.5, 0.6) is 0 Å². The maximum atomic E-state index is 14.7. The molecule has 33 heavy (non-hydrogen) atoms. The monoisotopic (exact) mass is 446 g/mol. The summed E-state index contributed by atoms with van der Waals surface area (Å²) in [6.07, 6.45) is 4.52. The van der Waals surface area contributed by atoms with Crippen LogP contribution in [-0.2, 0) is 0 Å². The largest absolute Gasteiger partial charge is 0.369 e. The molecule has 0 spiro atoms. The molecule has 0 amide bonds. The lowest BCUT2D eigenvalue weighted by molar-refractivity contribution is 0.313. The number of likely N-dealkylation sites (N-methyl/N-ethyl adjacent to an activating group) is 1. The van der Waals surface area contributed by atoms with Gasteiger partial charge in [-0.15, -0.1) is 0 Å². The first-order chi connectivity index (χ1) is 16.0. The van der Waals surface area contributed by atoms with Crippen molar-refractivity contribution in [1.29, 1.82) is 0 Å². The van der Waals surface area contributed by atoms with Gasteiger partial charge in [0.1, 0.15) is 11.2 Å². The number of hydrogen-bond donors (Lipinski definition) is 1. The molecule has 3 aromatic heterocycles. The van der Waals surface area contributed by atoms with Crippen LogP contribution >= 0.6 is 0 Å². The fourth-order valence-corrected chi connectivity index (χ4v) is 4.05. The summed E-state index contributed by atoms with van der Waals surface area (Å²) in [5.74, 6) is -0.168. The van der Waals surface area contributed by atoms with E-state index in [9.17, 15) is 4.39 Å². The summed E-state index contributed by atoms with van der Waals surface area (Å²) in [4.78, 5) is 17.7. The lowest BCUT2D eigenvalue weighted by Gasteiger charge is -2.34. The Morgan fingerprint density at radius 1 is 0.970 bits per heavy atom. The van der Waals surface area contributed by atoms with Crippen molar-refractivity contribution in [3.8, 4) is 11.3 Å². The van der Waals surface area contributed by atoms with E-state index in [0.717, 1.165) is 42.9 Å². The molecule has 0 atom stereocenters. The Morgan fingerprint density at radius 2 is 1.73 bits per heavy atom. The van der Waals surface area contributed by atoms with Crippen molar-refractivity contribution in [2.45, 2.75) is 19.9 Å². The van der Waals surface area contributed by atoms with Crippen LogP contribution in [-0.4, -0.2) is 62.9 Å². The van der Waals surface area contributed by atoms with Crippen molar-refractivity contribution in [2.75, 3.05) is 43.4 Å². The van der Waals surface area contributed by atoms with Gasteiger partial charge in [0.15, 0.2) is 5.82 Å². The van der Waals surface area contributed by atoms with Gasteiger partial charge in [-0.2, -0.15) is 5.10 Å². The van der Waals surface area contributed by atoms with Crippen LogP contribution in [0.15, 0.2) is 48.9 Å². The standard InChI is InChI=1S/C24H27FN8/c1-16(2)33-22-12-17(13-26-21(22)15-28-33)23-20(25)14-27-24(30-23)29-18-4-6-19(7-5-18)32-10-8-31(3)9-11-32/h4-7,12-16H,8-11H2,1-3H3,(H,27,29,30). The molecule has 1 N–H and O–H groups in total. The van der Waals surface area contributed by atoms with E-state index in [1.807, 2.05) is 36.7 Å². The molecule has 4 heterocycles. The van der Waals surface area contributed by atoms with Crippen molar-refractivity contribution in [3.63, 3.8) is 0 Å². The number of benzene rings is 1. The molecular formula is C24H27FN8. The molecule has 0 unspecified atom stereocenters. The lowest BCUT2D eigenvalue weighted by Crippen LogP contribution is -2.44. The second kappa shape index (κ2) is 8.74. The average molecular weight is 447 g/mol. The van der Waals surface area contributed by atoms with E-state index >= 15 is 0 Å². The fourth-order valence-electron chi connectivity index (χ4n) is 4.05. The van der Waals surface area contributed by atoms with Crippen LogP contribution < -0.4 is 10.2 Å². The van der Waals surface area contributed by atoms with Crippen LogP contribution in [0.2, 0.25) is 0 Å². The van der Waals surface area contributed by atoms with E-state index in [1.165, 1.54) is 11.9 Å². The number of nitrogens with one attached hydrogen (secondary N) is 1. The van der Waals surface area contributed by atoms with Gasteiger partial charge in [-0.1, -0.05) is 0 Å². The number of fused-ring (bicyclic) bond motifs is 1. The van der Waals surface area contributed by atoms with Gasteiger partial charge in [-0.05, 0) is 51.2 Å². The number of anilines is 3. The van der Waals surface area contributed by atoms with E-state index < -0.39 is 5.82 Å². The van der Waals surface area contributed by atoms with Gasteiger partial charge in [0, 0.05) is 55.4 Å². The Labute approximate surface area is 192 Å². The van der Waals surface area contributed by atoms with Gasteiger partial charge in [-0.25, -0.2) is 14.4 Å². The highest BCUT2D eigenvalue weighted by Crippen LogP contribution is 2.27. The smallest absolute Gasteiger partial charge is 0.227 e. The molecule has 5 rings (SSSR count). The molecule has 1 aliphatic heterocycles. The Kier molecular flexibility index (Phi) is 5.63. The van der Waals surface area contributed by atoms with Crippen molar-refractivity contribution < 1.29 is 4.39 Å². The Bertz CT molecular complexity index is 1260. The van der Waals surface area contributed by atoms with Gasteiger partial charge < -0.3 is 15.1 Å². The topological polar surface area (TPSA) is 75.0 Å². The molecule has 1 saturated heterocycles. The average Bonchev–Trinajstić information content (AvgIpc) is 3.25. The first-order valence-electron chi connectivity index (χ1n) is 11.1. The third-order valence-corrected chi connectivity index (χ3v) is 5.95. The summed E-state index contributed by atoms with van der Waals surface area (Å²) >= 11 is 0. The van der Waals surface area contributed by atoms with Crippen molar-refractivity contribution in [1.82, 2.24) is 29.6 Å². The number of hydrogen-bond acceptors (Lipinski definition) is 7. The number of pyridine rings is 1. The number of piperazine rings is 1. The molecule has 1 fully saturated rings. The quantitative estimate of drug-likeness (QED) is 0.495. The maximum Gasteiger partial charge on any atom is 0.227 e. The summed E-state index contributed by atoms with van der Waals surface area (Å²) in [5, 5.41) is 7.57. The molecule has 8 nitrogen and oxygen atoms in total. The van der Waals surface area contributed by atoms with Crippen molar-refractivity contribution >= 4 is 28.4 Å². The second-order valence-corrected chi connectivity index (χ2v) is 8.66. The fraction of sp³-hybridized carbons (Fsp3) is 0.333. The summed E-state index contributed by atoms with van der Waals surface area (Å²) in [5.41, 5.74) is 4.42. The number of aromatic nitrogens is 5. The Hall–Kier alpha value is -3.59. The van der Waals surface area contributed by atoms with Crippen LogP contribution in [0.25, 0.3) is 22.3 Å². The number of nitrogens with zero attached hydrogens (tertiary/aromatic N) is 7. The molecular weight excluding hydrogens is 419 g/mol. The highest BCUT2D eigenvalue weighted by Gasteiger charge is 2.16. The van der Waals surface area contributed by atoms with Gasteiger partial charge in [0.25, 0.3) is 0 Å². The molecule has 1 aromatic carbocycles. The zero-order valence-corrected chi connectivity index (χ0v) is 19.0. The van der Waals surface area contributed by atoms with Crippen molar-refractivity contribution in [3.05, 3.63) is 54.7 Å². The van der Waals surface area contributed by atoms with E-state index in [2.05, 4.69) is 54.3 Å². The molecule has 170 valence electrons. The molecule has 4 aromatic rings. The summed E-state index contributed by atoms with van der Waals surface area (Å²) in [6.45, 7) is 8.24. The minimum atomic E-state index is -0.497. The van der Waals surface area contributed by atoms with Gasteiger partial charge in [0.2, 0.25) is 5.95 Å². The van der Waals surface area contributed by atoms with Gasteiger partial charge >= 0.3 is 0 Å². The second-order valence-electron chi connectivity index (χ2n) is 8.66.